The van der Waals surface area contributed by atoms with E-state index in [9.17, 15) is 0 Å². The molecule has 2 aromatic rings. The number of nitrogens with zero attached hydrogens (tertiary/aromatic N) is 4. The maximum Gasteiger partial charge on any atom is 0.131 e. The molecule has 0 fully saturated rings. The molecule has 2 rings (SSSR count). The predicted octanol–water partition coefficient (Wildman–Crippen LogP) is 2.49. The zero-order valence-corrected chi connectivity index (χ0v) is 13.2. The van der Waals surface area contributed by atoms with E-state index in [1.807, 2.05) is 34.9 Å². The van der Waals surface area contributed by atoms with Gasteiger partial charge in [-0.2, -0.15) is 5.10 Å². The highest BCUT2D eigenvalue weighted by Crippen LogP contribution is 2.27. The molecular formula is C13H20BrN5. The summed E-state index contributed by atoms with van der Waals surface area (Å²) in [5, 5.41) is 7.95. The zero-order valence-electron chi connectivity index (χ0n) is 11.6. The summed E-state index contributed by atoms with van der Waals surface area (Å²) < 4.78 is 5.07. The summed E-state index contributed by atoms with van der Waals surface area (Å²) in [4.78, 5) is 4.48. The lowest BCUT2D eigenvalue weighted by Gasteiger charge is -2.20. The summed E-state index contributed by atoms with van der Waals surface area (Å²) in [6.07, 6.45) is 6.73. The normalized spacial score (nSPS) is 12.8. The fourth-order valence-electron chi connectivity index (χ4n) is 2.17. The van der Waals surface area contributed by atoms with Gasteiger partial charge in [0.1, 0.15) is 11.9 Å². The van der Waals surface area contributed by atoms with E-state index in [1.54, 1.807) is 0 Å². The van der Waals surface area contributed by atoms with Crippen LogP contribution >= 0.6 is 15.9 Å². The molecule has 0 spiro atoms. The Balaban J connectivity index is 2.42. The Labute approximate surface area is 122 Å². The molecule has 1 N–H and O–H groups in total. The number of nitrogens with one attached hydrogen (secondary N) is 1. The lowest BCUT2D eigenvalue weighted by atomic mass is 10.2. The Morgan fingerprint density at radius 2 is 2.21 bits per heavy atom. The van der Waals surface area contributed by atoms with Crippen molar-refractivity contribution in [2.45, 2.75) is 32.9 Å². The second kappa shape index (κ2) is 6.34. The Bertz CT molecular complexity index is 531. The Morgan fingerprint density at radius 1 is 1.42 bits per heavy atom. The van der Waals surface area contributed by atoms with Crippen LogP contribution in [0, 0.1) is 0 Å². The van der Waals surface area contributed by atoms with Crippen LogP contribution in [0.2, 0.25) is 0 Å². The monoisotopic (exact) mass is 325 g/mol. The quantitative estimate of drug-likeness (QED) is 0.887. The SMILES string of the molecule is CCCNC(c1nccn1C)c1c(Br)cnn1CC. The maximum absolute atomic E-state index is 4.48. The van der Waals surface area contributed by atoms with Gasteiger partial charge in [-0.1, -0.05) is 6.92 Å². The van der Waals surface area contributed by atoms with Crippen LogP contribution in [0.15, 0.2) is 23.1 Å². The molecule has 104 valence electrons. The van der Waals surface area contributed by atoms with Gasteiger partial charge in [0.25, 0.3) is 0 Å². The standard InChI is InChI=1S/C13H20BrN5/c1-4-6-15-11(13-16-7-8-18(13)3)12-10(14)9-17-19(12)5-2/h7-9,11,15H,4-6H2,1-3H3. The molecule has 6 heteroatoms. The van der Waals surface area contributed by atoms with Gasteiger partial charge in [-0.15, -0.1) is 0 Å². The first-order valence-electron chi connectivity index (χ1n) is 6.60. The fraction of sp³-hybridized carbons (Fsp3) is 0.538. The van der Waals surface area contributed by atoms with E-state index in [0.717, 1.165) is 35.5 Å². The topological polar surface area (TPSA) is 47.7 Å². The van der Waals surface area contributed by atoms with Crippen molar-refractivity contribution >= 4 is 15.9 Å². The van der Waals surface area contributed by atoms with Crippen molar-refractivity contribution in [2.24, 2.45) is 7.05 Å². The van der Waals surface area contributed by atoms with Gasteiger partial charge in [0.2, 0.25) is 0 Å². The van der Waals surface area contributed by atoms with Gasteiger partial charge in [-0.3, -0.25) is 4.68 Å². The average molecular weight is 326 g/mol. The van der Waals surface area contributed by atoms with Crippen LogP contribution < -0.4 is 5.32 Å². The third-order valence-electron chi connectivity index (χ3n) is 3.12. The minimum absolute atomic E-state index is 0.0526. The molecule has 1 unspecified atom stereocenters. The molecule has 0 radical (unpaired) electrons. The van der Waals surface area contributed by atoms with Crippen molar-refractivity contribution in [3.63, 3.8) is 0 Å². The maximum atomic E-state index is 4.48. The molecule has 0 bridgehead atoms. The van der Waals surface area contributed by atoms with Gasteiger partial charge in [-0.05, 0) is 35.8 Å². The molecule has 2 heterocycles. The second-order valence-corrected chi connectivity index (χ2v) is 5.33. The minimum Gasteiger partial charge on any atom is -0.336 e. The molecule has 0 saturated carbocycles. The highest BCUT2D eigenvalue weighted by molar-refractivity contribution is 9.10. The minimum atomic E-state index is 0.0526. The lowest BCUT2D eigenvalue weighted by Crippen LogP contribution is -2.28. The number of hydrogen-bond acceptors (Lipinski definition) is 3. The average Bonchev–Trinajstić information content (AvgIpc) is 2.98. The van der Waals surface area contributed by atoms with Crippen molar-refractivity contribution in [3.05, 3.63) is 34.6 Å². The number of hydrogen-bond donors (Lipinski definition) is 1. The van der Waals surface area contributed by atoms with E-state index in [1.165, 1.54) is 0 Å². The molecule has 0 saturated heterocycles. The Kier molecular flexibility index (Phi) is 4.76. The molecule has 0 aliphatic heterocycles. The molecular weight excluding hydrogens is 306 g/mol. The van der Waals surface area contributed by atoms with Gasteiger partial charge in [0.05, 0.1) is 16.4 Å². The van der Waals surface area contributed by atoms with E-state index in [4.69, 9.17) is 0 Å². The van der Waals surface area contributed by atoms with E-state index >= 15 is 0 Å². The fourth-order valence-corrected chi connectivity index (χ4v) is 2.69. The predicted molar refractivity (Wildman–Crippen MR) is 78.9 cm³/mol. The molecule has 2 aromatic heterocycles. The van der Waals surface area contributed by atoms with E-state index in [-0.39, 0.29) is 6.04 Å². The number of aromatic nitrogens is 4. The molecule has 1 atom stereocenters. The first-order valence-corrected chi connectivity index (χ1v) is 7.40. The highest BCUT2D eigenvalue weighted by atomic mass is 79.9. The van der Waals surface area contributed by atoms with Crippen LogP contribution in [0.5, 0.6) is 0 Å². The van der Waals surface area contributed by atoms with Crippen molar-refractivity contribution in [3.8, 4) is 0 Å². The van der Waals surface area contributed by atoms with Crippen molar-refractivity contribution in [1.82, 2.24) is 24.6 Å². The summed E-state index contributed by atoms with van der Waals surface area (Å²) in [6, 6.07) is 0.0526. The first-order chi connectivity index (χ1) is 9.19. The molecule has 0 amide bonds. The molecule has 19 heavy (non-hydrogen) atoms. The van der Waals surface area contributed by atoms with Crippen molar-refractivity contribution in [1.29, 1.82) is 0 Å². The van der Waals surface area contributed by atoms with Crippen LogP contribution in [0.1, 0.15) is 37.8 Å². The van der Waals surface area contributed by atoms with Gasteiger partial charge >= 0.3 is 0 Å². The zero-order chi connectivity index (χ0) is 13.8. The second-order valence-electron chi connectivity index (χ2n) is 4.48. The molecule has 5 nitrogen and oxygen atoms in total. The summed E-state index contributed by atoms with van der Waals surface area (Å²) >= 11 is 3.60. The van der Waals surface area contributed by atoms with Gasteiger partial charge in [0.15, 0.2) is 0 Å². The number of rotatable bonds is 6. The molecule has 0 aliphatic rings. The van der Waals surface area contributed by atoms with Crippen LogP contribution in [0.25, 0.3) is 0 Å². The highest BCUT2D eigenvalue weighted by Gasteiger charge is 2.24. The smallest absolute Gasteiger partial charge is 0.131 e. The van der Waals surface area contributed by atoms with E-state index in [0.29, 0.717) is 0 Å². The number of halogens is 1. The third-order valence-corrected chi connectivity index (χ3v) is 3.73. The molecule has 0 aromatic carbocycles. The van der Waals surface area contributed by atoms with E-state index < -0.39 is 0 Å². The lowest BCUT2D eigenvalue weighted by molar-refractivity contribution is 0.501. The number of aryl methyl sites for hydroxylation is 2. The first kappa shape index (κ1) is 14.3. The summed E-state index contributed by atoms with van der Waals surface area (Å²) in [7, 11) is 2.02. The van der Waals surface area contributed by atoms with Crippen LogP contribution in [0.3, 0.4) is 0 Å². The summed E-state index contributed by atoms with van der Waals surface area (Å²) in [5.74, 6) is 1.00. The van der Waals surface area contributed by atoms with Crippen LogP contribution in [-0.2, 0) is 13.6 Å². The van der Waals surface area contributed by atoms with Crippen molar-refractivity contribution < 1.29 is 0 Å². The third kappa shape index (κ3) is 2.90. The van der Waals surface area contributed by atoms with Crippen LogP contribution in [-0.4, -0.2) is 25.9 Å². The van der Waals surface area contributed by atoms with E-state index in [2.05, 4.69) is 45.2 Å². The van der Waals surface area contributed by atoms with Gasteiger partial charge < -0.3 is 9.88 Å². The summed E-state index contributed by atoms with van der Waals surface area (Å²) in [6.45, 7) is 6.04. The van der Waals surface area contributed by atoms with Gasteiger partial charge in [-0.25, -0.2) is 4.98 Å². The Morgan fingerprint density at radius 3 is 2.79 bits per heavy atom. The Hall–Kier alpha value is -1.14. The largest absolute Gasteiger partial charge is 0.336 e. The van der Waals surface area contributed by atoms with Crippen molar-refractivity contribution in [2.75, 3.05) is 6.54 Å². The van der Waals surface area contributed by atoms with Gasteiger partial charge in [0, 0.05) is 26.0 Å². The summed E-state index contributed by atoms with van der Waals surface area (Å²) in [5.41, 5.74) is 1.13. The van der Waals surface area contributed by atoms with Crippen LogP contribution in [0.4, 0.5) is 0 Å². The number of imidazole rings is 1. The molecule has 0 aliphatic carbocycles.